The smallest absolute Gasteiger partial charge is 0.293 e. The topological polar surface area (TPSA) is 66.5 Å². The third-order valence-corrected chi connectivity index (χ3v) is 5.39. The van der Waals surface area contributed by atoms with Crippen LogP contribution in [-0.4, -0.2) is 35.0 Å². The van der Waals surface area contributed by atoms with E-state index in [0.717, 1.165) is 21.5 Å². The zero-order chi connectivity index (χ0) is 19.2. The van der Waals surface area contributed by atoms with Crippen LogP contribution < -0.4 is 5.32 Å². The minimum Gasteiger partial charge on any atom is -0.351 e. The first kappa shape index (κ1) is 19.1. The van der Waals surface area contributed by atoms with Crippen LogP contribution in [0, 0.1) is 5.82 Å². The van der Waals surface area contributed by atoms with Gasteiger partial charge >= 0.3 is 0 Å². The van der Waals surface area contributed by atoms with E-state index < -0.39 is 17.0 Å². The van der Waals surface area contributed by atoms with Gasteiger partial charge in [-0.15, -0.1) is 11.3 Å². The Balaban J connectivity index is 1.55. The molecule has 1 aliphatic rings. The molecule has 138 valence electrons. The number of amides is 3. The van der Waals surface area contributed by atoms with E-state index in [1.165, 1.54) is 35.6 Å². The first-order valence-corrected chi connectivity index (χ1v) is 9.73. The molecule has 1 aliphatic heterocycles. The Hall–Kier alpha value is -2.71. The van der Waals surface area contributed by atoms with Gasteiger partial charge in [-0.25, -0.2) is 4.39 Å². The highest BCUT2D eigenvalue weighted by Crippen LogP contribution is 2.32. The van der Waals surface area contributed by atoms with Crippen molar-refractivity contribution in [1.82, 2.24) is 10.2 Å². The highest BCUT2D eigenvalue weighted by molar-refractivity contribution is 8.18. The van der Waals surface area contributed by atoms with Crippen molar-refractivity contribution in [1.29, 1.82) is 0 Å². The van der Waals surface area contributed by atoms with Crippen LogP contribution >= 0.6 is 23.1 Å². The molecule has 0 saturated carbocycles. The van der Waals surface area contributed by atoms with E-state index in [-0.39, 0.29) is 29.5 Å². The van der Waals surface area contributed by atoms with Gasteiger partial charge in [-0.2, -0.15) is 0 Å². The Morgan fingerprint density at radius 2 is 2.00 bits per heavy atom. The van der Waals surface area contributed by atoms with E-state index in [1.807, 2.05) is 17.5 Å². The quantitative estimate of drug-likeness (QED) is 0.748. The van der Waals surface area contributed by atoms with E-state index in [4.69, 9.17) is 0 Å². The summed E-state index contributed by atoms with van der Waals surface area (Å²) in [6.45, 7) is 0.191. The summed E-state index contributed by atoms with van der Waals surface area (Å²) in [4.78, 5) is 38.3. The van der Waals surface area contributed by atoms with Gasteiger partial charge in [0.2, 0.25) is 5.91 Å². The molecule has 0 unspecified atom stereocenters. The molecule has 2 heterocycles. The minimum absolute atomic E-state index is 0.0534. The number of carbonyl (C=O) groups excluding carboxylic acids is 3. The third kappa shape index (κ3) is 4.93. The average Bonchev–Trinajstić information content (AvgIpc) is 3.25. The van der Waals surface area contributed by atoms with Crippen LogP contribution in [0.1, 0.15) is 10.4 Å². The number of halogens is 1. The van der Waals surface area contributed by atoms with Crippen molar-refractivity contribution in [3.8, 4) is 0 Å². The van der Waals surface area contributed by atoms with Crippen LogP contribution in [0.25, 0.3) is 12.2 Å². The number of thiophene rings is 1. The molecular formula is C19H15FN2O3S2. The standard InChI is InChI=1S/C19H15FN2O3S2/c20-15-6-2-1-4-13(15)12-16-18(24)22(19(25)27-16)10-9-21-17(23)8-7-14-5-3-11-26-14/h1-8,11-12H,9-10H2,(H,21,23). The van der Waals surface area contributed by atoms with E-state index in [9.17, 15) is 18.8 Å². The van der Waals surface area contributed by atoms with Gasteiger partial charge in [0.25, 0.3) is 11.1 Å². The Morgan fingerprint density at radius 3 is 2.74 bits per heavy atom. The highest BCUT2D eigenvalue weighted by Gasteiger charge is 2.34. The molecule has 2 aromatic rings. The molecule has 27 heavy (non-hydrogen) atoms. The number of hydrogen-bond acceptors (Lipinski definition) is 5. The lowest BCUT2D eigenvalue weighted by molar-refractivity contribution is -0.123. The lowest BCUT2D eigenvalue weighted by Gasteiger charge is -2.12. The van der Waals surface area contributed by atoms with Gasteiger partial charge in [-0.1, -0.05) is 24.3 Å². The number of nitrogens with zero attached hydrogens (tertiary/aromatic N) is 1. The molecule has 1 saturated heterocycles. The van der Waals surface area contributed by atoms with E-state index in [1.54, 1.807) is 18.2 Å². The fourth-order valence-electron chi connectivity index (χ4n) is 2.32. The van der Waals surface area contributed by atoms with E-state index in [2.05, 4.69) is 5.32 Å². The Labute approximate surface area is 163 Å². The molecule has 3 rings (SSSR count). The maximum absolute atomic E-state index is 13.7. The zero-order valence-corrected chi connectivity index (χ0v) is 15.7. The first-order chi connectivity index (χ1) is 13.0. The zero-order valence-electron chi connectivity index (χ0n) is 14.1. The largest absolute Gasteiger partial charge is 0.351 e. The number of thioether (sulfide) groups is 1. The van der Waals surface area contributed by atoms with Gasteiger partial charge in [0.15, 0.2) is 0 Å². The van der Waals surface area contributed by atoms with Crippen LogP contribution in [0.4, 0.5) is 9.18 Å². The van der Waals surface area contributed by atoms with E-state index in [0.29, 0.717) is 0 Å². The van der Waals surface area contributed by atoms with E-state index >= 15 is 0 Å². The molecule has 0 bridgehead atoms. The second-order valence-electron chi connectivity index (χ2n) is 5.49. The molecule has 8 heteroatoms. The predicted molar refractivity (Wildman–Crippen MR) is 105 cm³/mol. The van der Waals surface area contributed by atoms with Gasteiger partial charge in [-0.05, 0) is 41.4 Å². The molecule has 1 fully saturated rings. The summed E-state index contributed by atoms with van der Waals surface area (Å²) < 4.78 is 13.7. The second-order valence-corrected chi connectivity index (χ2v) is 7.47. The van der Waals surface area contributed by atoms with Crippen molar-refractivity contribution in [2.45, 2.75) is 0 Å². The van der Waals surface area contributed by atoms with Crippen LogP contribution in [0.15, 0.2) is 52.8 Å². The summed E-state index contributed by atoms with van der Waals surface area (Å²) in [5, 5.41) is 4.10. The summed E-state index contributed by atoms with van der Waals surface area (Å²) in [5.74, 6) is -1.26. The maximum Gasteiger partial charge on any atom is 0.293 e. The lowest BCUT2D eigenvalue weighted by atomic mass is 10.2. The van der Waals surface area contributed by atoms with Gasteiger partial charge in [-0.3, -0.25) is 19.3 Å². The van der Waals surface area contributed by atoms with Crippen molar-refractivity contribution in [2.24, 2.45) is 0 Å². The third-order valence-electron chi connectivity index (χ3n) is 3.64. The van der Waals surface area contributed by atoms with Crippen molar-refractivity contribution >= 4 is 52.3 Å². The molecule has 0 radical (unpaired) electrons. The van der Waals surface area contributed by atoms with Crippen LogP contribution in [0.5, 0.6) is 0 Å². The molecule has 5 nitrogen and oxygen atoms in total. The van der Waals surface area contributed by atoms with Crippen LogP contribution in [0.2, 0.25) is 0 Å². The molecule has 0 aliphatic carbocycles. The molecule has 0 atom stereocenters. The molecular weight excluding hydrogens is 387 g/mol. The van der Waals surface area contributed by atoms with Gasteiger partial charge in [0, 0.05) is 29.6 Å². The normalized spacial score (nSPS) is 15.9. The predicted octanol–water partition coefficient (Wildman–Crippen LogP) is 3.75. The Kier molecular flexibility index (Phi) is 6.20. The van der Waals surface area contributed by atoms with Crippen LogP contribution in [0.3, 0.4) is 0 Å². The molecule has 1 aromatic heterocycles. The summed E-state index contributed by atoms with van der Waals surface area (Å²) in [7, 11) is 0. The number of benzene rings is 1. The molecule has 3 amide bonds. The Bertz CT molecular complexity index is 923. The summed E-state index contributed by atoms with van der Waals surface area (Å²) >= 11 is 2.27. The maximum atomic E-state index is 13.7. The lowest BCUT2D eigenvalue weighted by Crippen LogP contribution is -2.36. The van der Waals surface area contributed by atoms with Gasteiger partial charge < -0.3 is 5.32 Å². The molecule has 1 aromatic carbocycles. The number of rotatable bonds is 6. The summed E-state index contributed by atoms with van der Waals surface area (Å²) in [6.07, 6.45) is 4.46. The van der Waals surface area contributed by atoms with Gasteiger partial charge in [0.05, 0.1) is 4.91 Å². The monoisotopic (exact) mass is 402 g/mol. The Morgan fingerprint density at radius 1 is 1.19 bits per heavy atom. The number of imide groups is 1. The van der Waals surface area contributed by atoms with Crippen molar-refractivity contribution < 1.29 is 18.8 Å². The highest BCUT2D eigenvalue weighted by atomic mass is 32.2. The average molecular weight is 402 g/mol. The number of hydrogen-bond donors (Lipinski definition) is 1. The minimum atomic E-state index is -0.489. The number of carbonyl (C=O) groups is 3. The van der Waals surface area contributed by atoms with Gasteiger partial charge in [0.1, 0.15) is 5.82 Å². The first-order valence-electron chi connectivity index (χ1n) is 8.04. The molecule has 0 spiro atoms. The van der Waals surface area contributed by atoms with Crippen molar-refractivity contribution in [3.63, 3.8) is 0 Å². The SMILES string of the molecule is O=C(C=Cc1cccs1)NCCN1C(=O)SC(=Cc2ccccc2F)C1=O. The summed E-state index contributed by atoms with van der Waals surface area (Å²) in [5.41, 5.74) is 0.245. The summed E-state index contributed by atoms with van der Waals surface area (Å²) in [6, 6.07) is 9.79. The van der Waals surface area contributed by atoms with Crippen LogP contribution in [-0.2, 0) is 9.59 Å². The fraction of sp³-hybridized carbons (Fsp3) is 0.105. The molecule has 1 N–H and O–H groups in total. The second kappa shape index (κ2) is 8.79. The van der Waals surface area contributed by atoms with Crippen molar-refractivity contribution in [2.75, 3.05) is 13.1 Å². The fourth-order valence-corrected chi connectivity index (χ4v) is 3.79. The van der Waals surface area contributed by atoms with Crippen molar-refractivity contribution in [3.05, 3.63) is 69.0 Å². The number of nitrogens with one attached hydrogen (secondary N) is 1.